The standard InChI is InChI=1S/C27H30BrN3O4S/c1-29-24(33)20-21-26(35)31(18(15-32)12-16-8-4-2-5-9-16)23(27(21)13-19(28)22(20)36-27)25(34)30-14-17-10-6-3-7-11-17/h2-11,18-23,32H,12-15H2,1H3,(H,29,33)(H,30,34)/t18-,19?,20-,21+,22-,23?,27?/m1/s1. The lowest BCUT2D eigenvalue weighted by atomic mass is 9.70. The number of alkyl halides is 1. The highest BCUT2D eigenvalue weighted by Crippen LogP contribution is 2.67. The van der Waals surface area contributed by atoms with Gasteiger partial charge in [0.05, 0.1) is 29.2 Å². The van der Waals surface area contributed by atoms with Crippen LogP contribution in [0, 0.1) is 11.8 Å². The highest BCUT2D eigenvalue weighted by Gasteiger charge is 2.76. The zero-order valence-electron chi connectivity index (χ0n) is 20.0. The van der Waals surface area contributed by atoms with Crippen molar-refractivity contribution in [2.75, 3.05) is 13.7 Å². The molecule has 36 heavy (non-hydrogen) atoms. The van der Waals surface area contributed by atoms with Crippen LogP contribution in [-0.4, -0.2) is 68.3 Å². The summed E-state index contributed by atoms with van der Waals surface area (Å²) >= 11 is 5.35. The predicted octanol–water partition coefficient (Wildman–Crippen LogP) is 2.12. The molecule has 7 atom stereocenters. The van der Waals surface area contributed by atoms with E-state index in [9.17, 15) is 19.5 Å². The maximum absolute atomic E-state index is 14.1. The van der Waals surface area contributed by atoms with Crippen molar-refractivity contribution in [3.8, 4) is 0 Å². The summed E-state index contributed by atoms with van der Waals surface area (Å²) in [6.45, 7) is 0.0640. The average molecular weight is 573 g/mol. The molecule has 3 saturated heterocycles. The topological polar surface area (TPSA) is 98.7 Å². The van der Waals surface area contributed by atoms with Gasteiger partial charge in [-0.1, -0.05) is 76.6 Å². The molecule has 5 rings (SSSR count). The van der Waals surface area contributed by atoms with Gasteiger partial charge in [-0.25, -0.2) is 0 Å². The second kappa shape index (κ2) is 10.2. The van der Waals surface area contributed by atoms with Crippen LogP contribution in [0.15, 0.2) is 60.7 Å². The third kappa shape index (κ3) is 4.15. The molecule has 190 valence electrons. The predicted molar refractivity (Wildman–Crippen MR) is 142 cm³/mol. The molecule has 3 aliphatic heterocycles. The van der Waals surface area contributed by atoms with Crippen molar-refractivity contribution in [1.29, 1.82) is 0 Å². The molecule has 0 aromatic heterocycles. The van der Waals surface area contributed by atoms with E-state index in [0.717, 1.165) is 11.1 Å². The summed E-state index contributed by atoms with van der Waals surface area (Å²) in [5.74, 6) is -1.78. The Bertz CT molecular complexity index is 1140. The molecule has 2 bridgehead atoms. The fraction of sp³-hybridized carbons (Fsp3) is 0.444. The van der Waals surface area contributed by atoms with Crippen LogP contribution < -0.4 is 10.6 Å². The van der Waals surface area contributed by atoms with Gasteiger partial charge in [-0.15, -0.1) is 11.8 Å². The molecular formula is C27H30BrN3O4S. The largest absolute Gasteiger partial charge is 0.394 e. The fourth-order valence-electron chi connectivity index (χ4n) is 6.25. The van der Waals surface area contributed by atoms with Crippen LogP contribution in [0.25, 0.3) is 0 Å². The summed E-state index contributed by atoms with van der Waals surface area (Å²) in [7, 11) is 1.59. The number of hydrogen-bond donors (Lipinski definition) is 3. The van der Waals surface area contributed by atoms with Gasteiger partial charge in [-0.2, -0.15) is 0 Å². The number of hydrogen-bond acceptors (Lipinski definition) is 5. The van der Waals surface area contributed by atoms with Crippen molar-refractivity contribution in [1.82, 2.24) is 15.5 Å². The van der Waals surface area contributed by atoms with E-state index in [4.69, 9.17) is 0 Å². The normalized spacial score (nSPS) is 31.2. The summed E-state index contributed by atoms with van der Waals surface area (Å²) in [5, 5.41) is 16.2. The third-order valence-corrected chi connectivity index (χ3v) is 11.0. The van der Waals surface area contributed by atoms with E-state index in [1.165, 1.54) is 0 Å². The first-order valence-electron chi connectivity index (χ1n) is 12.2. The van der Waals surface area contributed by atoms with Crippen molar-refractivity contribution < 1.29 is 19.5 Å². The smallest absolute Gasteiger partial charge is 0.244 e. The van der Waals surface area contributed by atoms with E-state index in [2.05, 4.69) is 26.6 Å². The van der Waals surface area contributed by atoms with Crippen molar-refractivity contribution in [3.63, 3.8) is 0 Å². The number of carbonyl (C=O) groups excluding carboxylic acids is 3. The Morgan fingerprint density at radius 1 is 1.11 bits per heavy atom. The van der Waals surface area contributed by atoms with Crippen LogP contribution >= 0.6 is 27.7 Å². The molecule has 0 radical (unpaired) electrons. The Hall–Kier alpha value is -2.36. The SMILES string of the molecule is CNC(=O)[C@H]1[C@@H]2SC3(CC2Br)C(C(=O)NCc2ccccc2)N([C@@H](CO)Cc2ccccc2)C(=O)[C@H]13. The molecule has 0 aliphatic carbocycles. The second-order valence-corrected chi connectivity index (χ2v) is 12.5. The first-order valence-corrected chi connectivity index (χ1v) is 14.0. The maximum Gasteiger partial charge on any atom is 0.244 e. The van der Waals surface area contributed by atoms with Gasteiger partial charge >= 0.3 is 0 Å². The Labute approximate surface area is 223 Å². The van der Waals surface area contributed by atoms with Gasteiger partial charge in [0.1, 0.15) is 6.04 Å². The number of aliphatic hydroxyl groups excluding tert-OH is 1. The third-order valence-electron chi connectivity index (χ3n) is 7.75. The minimum atomic E-state index is -0.788. The Morgan fingerprint density at radius 3 is 2.36 bits per heavy atom. The average Bonchev–Trinajstić information content (AvgIpc) is 3.50. The number of benzene rings is 2. The molecule has 3 aliphatic rings. The van der Waals surface area contributed by atoms with Crippen molar-refractivity contribution in [2.45, 2.75) is 46.3 Å². The Balaban J connectivity index is 1.52. The Morgan fingerprint density at radius 2 is 1.75 bits per heavy atom. The highest BCUT2D eigenvalue weighted by atomic mass is 79.9. The van der Waals surface area contributed by atoms with Gasteiger partial charge in [0.2, 0.25) is 17.7 Å². The van der Waals surface area contributed by atoms with E-state index in [0.29, 0.717) is 19.4 Å². The minimum absolute atomic E-state index is 0.0138. The zero-order chi connectivity index (χ0) is 25.4. The Kier molecular flexibility index (Phi) is 7.16. The number of thioether (sulfide) groups is 1. The molecule has 3 fully saturated rings. The van der Waals surface area contributed by atoms with E-state index < -0.39 is 28.7 Å². The van der Waals surface area contributed by atoms with Gasteiger partial charge < -0.3 is 20.6 Å². The number of likely N-dealkylation sites (tertiary alicyclic amines) is 1. The van der Waals surface area contributed by atoms with Gasteiger partial charge in [0.15, 0.2) is 0 Å². The van der Waals surface area contributed by atoms with Crippen molar-refractivity contribution in [3.05, 3.63) is 71.8 Å². The first kappa shape index (κ1) is 25.3. The molecule has 1 spiro atoms. The van der Waals surface area contributed by atoms with Crippen LogP contribution in [0.2, 0.25) is 0 Å². The van der Waals surface area contributed by atoms with Crippen LogP contribution in [0.5, 0.6) is 0 Å². The number of nitrogens with zero attached hydrogens (tertiary/aromatic N) is 1. The number of aliphatic hydroxyl groups is 1. The molecule has 2 aromatic carbocycles. The second-order valence-electron chi connectivity index (χ2n) is 9.75. The summed E-state index contributed by atoms with van der Waals surface area (Å²) in [4.78, 5) is 42.6. The van der Waals surface area contributed by atoms with E-state index in [-0.39, 0.29) is 34.4 Å². The molecule has 2 aromatic rings. The van der Waals surface area contributed by atoms with Crippen molar-refractivity contribution in [2.24, 2.45) is 11.8 Å². The summed E-state index contributed by atoms with van der Waals surface area (Å²) in [6, 6.07) is 17.9. The molecule has 7 nitrogen and oxygen atoms in total. The van der Waals surface area contributed by atoms with Crippen LogP contribution in [0.3, 0.4) is 0 Å². The number of halogens is 1. The lowest BCUT2D eigenvalue weighted by molar-refractivity contribution is -0.142. The van der Waals surface area contributed by atoms with Crippen molar-refractivity contribution >= 4 is 45.4 Å². The molecule has 9 heteroatoms. The minimum Gasteiger partial charge on any atom is -0.394 e. The van der Waals surface area contributed by atoms with Gasteiger partial charge in [-0.3, -0.25) is 14.4 Å². The summed E-state index contributed by atoms with van der Waals surface area (Å²) in [5.41, 5.74) is 1.93. The summed E-state index contributed by atoms with van der Waals surface area (Å²) in [6.07, 6.45) is 1.03. The highest BCUT2D eigenvalue weighted by molar-refractivity contribution is 9.09. The van der Waals surface area contributed by atoms with Crippen LogP contribution in [-0.2, 0) is 27.3 Å². The molecular weight excluding hydrogens is 542 g/mol. The molecule has 3 heterocycles. The molecule has 3 unspecified atom stereocenters. The first-order chi connectivity index (χ1) is 17.4. The fourth-order valence-corrected chi connectivity index (χ4v) is 9.85. The van der Waals surface area contributed by atoms with E-state index >= 15 is 0 Å². The molecule has 3 amide bonds. The number of carbonyl (C=O) groups is 3. The molecule has 3 N–H and O–H groups in total. The van der Waals surface area contributed by atoms with E-state index in [1.54, 1.807) is 23.7 Å². The number of nitrogens with one attached hydrogen (secondary N) is 2. The summed E-state index contributed by atoms with van der Waals surface area (Å²) < 4.78 is -0.738. The lowest BCUT2D eigenvalue weighted by Crippen LogP contribution is -2.57. The van der Waals surface area contributed by atoms with Gasteiger partial charge in [0.25, 0.3) is 0 Å². The maximum atomic E-state index is 14.1. The number of rotatable bonds is 8. The zero-order valence-corrected chi connectivity index (χ0v) is 22.4. The number of fused-ring (bicyclic) bond motifs is 1. The van der Waals surface area contributed by atoms with Crippen LogP contribution in [0.4, 0.5) is 0 Å². The van der Waals surface area contributed by atoms with Gasteiger partial charge in [0, 0.05) is 23.7 Å². The van der Waals surface area contributed by atoms with Crippen LogP contribution in [0.1, 0.15) is 17.5 Å². The lowest BCUT2D eigenvalue weighted by Gasteiger charge is -2.37. The quantitative estimate of drug-likeness (QED) is 0.421. The van der Waals surface area contributed by atoms with Gasteiger partial charge in [-0.05, 0) is 24.0 Å². The molecule has 0 saturated carbocycles. The number of amides is 3. The monoisotopic (exact) mass is 571 g/mol. The van der Waals surface area contributed by atoms with E-state index in [1.807, 2.05) is 60.7 Å².